The summed E-state index contributed by atoms with van der Waals surface area (Å²) in [6.45, 7) is 0.544. The lowest BCUT2D eigenvalue weighted by Gasteiger charge is -2.11. The molecule has 2 aromatic carbocycles. The summed E-state index contributed by atoms with van der Waals surface area (Å²) in [5.41, 5.74) is -0.0732. The van der Waals surface area contributed by atoms with Crippen LogP contribution in [0.3, 0.4) is 0 Å². The highest BCUT2D eigenvalue weighted by Crippen LogP contribution is 2.21. The average Bonchev–Trinajstić information content (AvgIpc) is 3.06. The number of benzene rings is 2. The molecule has 0 spiro atoms. The Hall–Kier alpha value is -2.53. The molecule has 0 amide bonds. The van der Waals surface area contributed by atoms with Crippen LogP contribution in [0.15, 0.2) is 57.2 Å². The van der Waals surface area contributed by atoms with Gasteiger partial charge in [-0.3, -0.25) is 14.4 Å². The molecule has 0 atom stereocenters. The van der Waals surface area contributed by atoms with Crippen molar-refractivity contribution in [2.75, 3.05) is 11.3 Å². The molecule has 2 aromatic rings. The Morgan fingerprint density at radius 1 is 0.852 bits per heavy atom. The molecule has 0 aromatic heterocycles. The number of nitrogens with one attached hydrogen (secondary N) is 2. The van der Waals surface area contributed by atoms with Crippen LogP contribution >= 0.6 is 0 Å². The van der Waals surface area contributed by atoms with Crippen LogP contribution in [0.5, 0.6) is 0 Å². The van der Waals surface area contributed by atoms with Crippen molar-refractivity contribution in [3.05, 3.63) is 54.1 Å². The van der Waals surface area contributed by atoms with Gasteiger partial charge in [0.1, 0.15) is 17.5 Å². The second-order valence-corrected chi connectivity index (χ2v) is 9.14. The van der Waals surface area contributed by atoms with Crippen LogP contribution in [0.1, 0.15) is 12.8 Å². The van der Waals surface area contributed by atoms with Crippen molar-refractivity contribution in [3.8, 4) is 0 Å². The highest BCUT2D eigenvalue weighted by molar-refractivity contribution is 7.92. The minimum absolute atomic E-state index is 0.0732. The van der Waals surface area contributed by atoms with Gasteiger partial charge >= 0.3 is 0 Å². The minimum atomic E-state index is -4.31. The summed E-state index contributed by atoms with van der Waals surface area (Å²) >= 11 is 0. The normalized spacial score (nSPS) is 14.7. The van der Waals surface area contributed by atoms with E-state index in [1.54, 1.807) is 0 Å². The second kappa shape index (κ2) is 7.24. The monoisotopic (exact) mass is 415 g/mol. The van der Waals surface area contributed by atoms with E-state index in [9.17, 15) is 25.6 Å². The minimum Gasteiger partial charge on any atom is -0.280 e. The summed E-state index contributed by atoms with van der Waals surface area (Å²) in [6.07, 6.45) is 1.26. The van der Waals surface area contributed by atoms with Crippen LogP contribution in [0.4, 0.5) is 14.5 Å². The Kier molecular flexibility index (Phi) is 5.16. The van der Waals surface area contributed by atoms with E-state index in [0.29, 0.717) is 37.0 Å². The number of aliphatic imine (C=N–C) groups is 1. The van der Waals surface area contributed by atoms with E-state index >= 15 is 0 Å². The van der Waals surface area contributed by atoms with E-state index in [-0.39, 0.29) is 10.6 Å². The zero-order valence-electron chi connectivity index (χ0n) is 13.8. The molecule has 0 unspecified atom stereocenters. The van der Waals surface area contributed by atoms with E-state index < -0.39 is 36.6 Å². The summed E-state index contributed by atoms with van der Waals surface area (Å²) in [4.78, 5) is 3.23. The summed E-state index contributed by atoms with van der Waals surface area (Å²) in [7, 11) is -8.25. The third-order valence-corrected chi connectivity index (χ3v) is 6.41. The molecule has 0 saturated heterocycles. The van der Waals surface area contributed by atoms with Gasteiger partial charge in [-0.2, -0.15) is 0 Å². The lowest BCUT2D eigenvalue weighted by molar-refractivity contribution is 0.568. The number of hydrogen-bond acceptors (Lipinski definition) is 5. The van der Waals surface area contributed by atoms with Gasteiger partial charge in [-0.15, -0.1) is 0 Å². The molecule has 0 bridgehead atoms. The number of anilines is 1. The summed E-state index contributed by atoms with van der Waals surface area (Å²) < 4.78 is 80.5. The highest BCUT2D eigenvalue weighted by atomic mass is 32.2. The van der Waals surface area contributed by atoms with Gasteiger partial charge in [-0.05, 0) is 36.8 Å². The molecule has 1 aliphatic rings. The van der Waals surface area contributed by atoms with Crippen LogP contribution in [-0.2, 0) is 20.0 Å². The Labute approximate surface area is 155 Å². The fourth-order valence-corrected chi connectivity index (χ4v) is 4.69. The first-order chi connectivity index (χ1) is 12.7. The van der Waals surface area contributed by atoms with Crippen molar-refractivity contribution in [1.29, 1.82) is 0 Å². The van der Waals surface area contributed by atoms with Gasteiger partial charge in [-0.25, -0.2) is 25.6 Å². The smallest absolute Gasteiger partial charge is 0.262 e. The van der Waals surface area contributed by atoms with Gasteiger partial charge in [-0.1, -0.05) is 6.07 Å². The Morgan fingerprint density at radius 2 is 1.52 bits per heavy atom. The maximum atomic E-state index is 13.3. The number of sulfonamides is 2. The number of amidine groups is 1. The maximum absolute atomic E-state index is 13.3. The zero-order chi connectivity index (χ0) is 19.7. The number of halogens is 2. The van der Waals surface area contributed by atoms with Gasteiger partial charge in [0.15, 0.2) is 0 Å². The van der Waals surface area contributed by atoms with Crippen LogP contribution < -0.4 is 9.44 Å². The van der Waals surface area contributed by atoms with Crippen molar-refractivity contribution in [2.45, 2.75) is 22.6 Å². The third kappa shape index (κ3) is 4.61. The van der Waals surface area contributed by atoms with Crippen LogP contribution in [0, 0.1) is 11.6 Å². The molecule has 11 heteroatoms. The molecule has 3 rings (SSSR count). The molecule has 144 valence electrons. The van der Waals surface area contributed by atoms with Gasteiger partial charge in [0.2, 0.25) is 0 Å². The van der Waals surface area contributed by atoms with Crippen LogP contribution in [0.25, 0.3) is 0 Å². The third-order valence-electron chi connectivity index (χ3n) is 3.67. The molecule has 0 radical (unpaired) electrons. The Bertz CT molecular complexity index is 1100. The Balaban J connectivity index is 1.87. The fraction of sp³-hybridized carbons (Fsp3) is 0.188. The molecule has 0 aliphatic carbocycles. The van der Waals surface area contributed by atoms with Crippen molar-refractivity contribution in [2.24, 2.45) is 4.99 Å². The van der Waals surface area contributed by atoms with E-state index in [1.165, 1.54) is 18.2 Å². The fourth-order valence-electron chi connectivity index (χ4n) is 2.46. The summed E-state index contributed by atoms with van der Waals surface area (Å²) in [5, 5.41) is 0. The molecule has 27 heavy (non-hydrogen) atoms. The standard InChI is InChI=1S/C16H15F2N3O4S2/c17-11-7-12(18)9-15(8-11)27(24,25)20-13-3-1-4-14(10-13)26(22,23)21-16-5-2-6-19-16/h1,3-4,7-10,20H,2,5-6H2,(H,19,21). The molecule has 0 saturated carbocycles. The molecule has 1 aliphatic heterocycles. The molecule has 2 N–H and O–H groups in total. The SMILES string of the molecule is O=S(=O)(NC1=NCCC1)c1cccc(NS(=O)(=O)c2cc(F)cc(F)c2)c1. The zero-order valence-corrected chi connectivity index (χ0v) is 15.4. The van der Waals surface area contributed by atoms with Crippen molar-refractivity contribution >= 4 is 31.6 Å². The molecule has 7 nitrogen and oxygen atoms in total. The van der Waals surface area contributed by atoms with E-state index in [2.05, 4.69) is 14.4 Å². The predicted molar refractivity (Wildman–Crippen MR) is 95.5 cm³/mol. The van der Waals surface area contributed by atoms with E-state index in [1.807, 2.05) is 0 Å². The van der Waals surface area contributed by atoms with Crippen LogP contribution in [-0.4, -0.2) is 29.2 Å². The van der Waals surface area contributed by atoms with Crippen molar-refractivity contribution < 1.29 is 25.6 Å². The lowest BCUT2D eigenvalue weighted by atomic mass is 10.3. The average molecular weight is 415 g/mol. The predicted octanol–water partition coefficient (Wildman–Crippen LogP) is 2.24. The van der Waals surface area contributed by atoms with E-state index in [0.717, 1.165) is 12.5 Å². The molecule has 0 fully saturated rings. The van der Waals surface area contributed by atoms with Crippen molar-refractivity contribution in [1.82, 2.24) is 4.72 Å². The van der Waals surface area contributed by atoms with Crippen LogP contribution in [0.2, 0.25) is 0 Å². The van der Waals surface area contributed by atoms with Gasteiger partial charge in [0.25, 0.3) is 20.0 Å². The van der Waals surface area contributed by atoms with Crippen molar-refractivity contribution in [3.63, 3.8) is 0 Å². The maximum Gasteiger partial charge on any atom is 0.262 e. The summed E-state index contributed by atoms with van der Waals surface area (Å²) in [5.74, 6) is -1.75. The molecule has 1 heterocycles. The second-order valence-electron chi connectivity index (χ2n) is 5.78. The number of rotatable bonds is 5. The molecular formula is C16H15F2N3O4S2. The lowest BCUT2D eigenvalue weighted by Crippen LogP contribution is -2.29. The quantitative estimate of drug-likeness (QED) is 0.781. The highest BCUT2D eigenvalue weighted by Gasteiger charge is 2.21. The first kappa shape index (κ1) is 19.2. The topological polar surface area (TPSA) is 105 Å². The van der Waals surface area contributed by atoms with Gasteiger partial charge in [0, 0.05) is 19.0 Å². The molecular weight excluding hydrogens is 400 g/mol. The van der Waals surface area contributed by atoms with Gasteiger partial charge in [0.05, 0.1) is 15.5 Å². The van der Waals surface area contributed by atoms with Gasteiger partial charge < -0.3 is 0 Å². The largest absolute Gasteiger partial charge is 0.280 e. The van der Waals surface area contributed by atoms with E-state index in [4.69, 9.17) is 0 Å². The summed E-state index contributed by atoms with van der Waals surface area (Å²) in [6, 6.07) is 6.91. The first-order valence-corrected chi connectivity index (χ1v) is 10.8. The number of hydrogen-bond donors (Lipinski definition) is 2. The Morgan fingerprint density at radius 3 is 2.15 bits per heavy atom. The first-order valence-electron chi connectivity index (χ1n) is 7.81. The number of nitrogens with zero attached hydrogens (tertiary/aromatic N) is 1.